The Labute approximate surface area is 129 Å². The molecule has 0 heterocycles. The molecular weight excluding hydrogens is 326 g/mol. The molecule has 0 aliphatic rings. The molecule has 122 valence electrons. The van der Waals surface area contributed by atoms with Crippen LogP contribution in [0.2, 0.25) is 0 Å². The molecule has 0 saturated heterocycles. The molecule has 0 bridgehead atoms. The number of rotatable bonds is 8. The van der Waals surface area contributed by atoms with Gasteiger partial charge < -0.3 is 10.1 Å². The summed E-state index contributed by atoms with van der Waals surface area (Å²) in [5, 5.41) is 2.91. The third-order valence-electron chi connectivity index (χ3n) is 2.58. The molecule has 0 aliphatic heterocycles. The Morgan fingerprint density at radius 2 is 1.81 bits per heavy atom. The number of alkyl halides is 2. The van der Waals surface area contributed by atoms with Crippen molar-refractivity contribution in [3.05, 3.63) is 24.3 Å². The molecule has 0 saturated carbocycles. The Balaban J connectivity index is 0.00000400. The van der Waals surface area contributed by atoms with Crippen LogP contribution in [0, 0.1) is 0 Å². The molecule has 1 aromatic carbocycles. The van der Waals surface area contributed by atoms with Gasteiger partial charge in [0.25, 0.3) is 6.43 Å². The van der Waals surface area contributed by atoms with Crippen LogP contribution in [0.5, 0.6) is 5.75 Å². The van der Waals surface area contributed by atoms with Crippen LogP contribution >= 0.6 is 12.4 Å². The maximum Gasteiger partial charge on any atom is 0.272 e. The van der Waals surface area contributed by atoms with Gasteiger partial charge >= 0.3 is 0 Å². The number of sulfonamides is 1. The minimum atomic E-state index is -3.61. The summed E-state index contributed by atoms with van der Waals surface area (Å²) < 4.78 is 55.0. The standard InChI is InChI=1S/C12H18F2N2O3S.ClH/c1-9(15-2)7-16-20(17,18)11-5-3-10(4-6-11)19-8-12(13)14;/h3-6,9,12,15-16H,7-8H2,1-2H3;1H. The first-order chi connectivity index (χ1) is 9.35. The third kappa shape index (κ3) is 7.03. The lowest BCUT2D eigenvalue weighted by molar-refractivity contribution is 0.0819. The quantitative estimate of drug-likeness (QED) is 0.752. The van der Waals surface area contributed by atoms with Crippen LogP contribution in [-0.4, -0.2) is 41.1 Å². The minimum absolute atomic E-state index is 0. The molecule has 2 N–H and O–H groups in total. The van der Waals surface area contributed by atoms with Crippen molar-refractivity contribution in [1.82, 2.24) is 10.0 Å². The molecule has 21 heavy (non-hydrogen) atoms. The van der Waals surface area contributed by atoms with Gasteiger partial charge in [0.15, 0.2) is 0 Å². The summed E-state index contributed by atoms with van der Waals surface area (Å²) in [6.07, 6.45) is -2.57. The van der Waals surface area contributed by atoms with Gasteiger partial charge in [-0.1, -0.05) is 0 Å². The SMILES string of the molecule is CNC(C)CNS(=O)(=O)c1ccc(OCC(F)F)cc1.Cl. The highest BCUT2D eigenvalue weighted by atomic mass is 35.5. The molecule has 1 rings (SSSR count). The summed E-state index contributed by atoms with van der Waals surface area (Å²) in [7, 11) is -1.88. The molecule has 0 aliphatic carbocycles. The van der Waals surface area contributed by atoms with Gasteiger partial charge in [-0.25, -0.2) is 21.9 Å². The van der Waals surface area contributed by atoms with E-state index in [0.29, 0.717) is 0 Å². The molecule has 5 nitrogen and oxygen atoms in total. The van der Waals surface area contributed by atoms with Crippen molar-refractivity contribution < 1.29 is 21.9 Å². The number of nitrogens with one attached hydrogen (secondary N) is 2. The highest BCUT2D eigenvalue weighted by Gasteiger charge is 2.14. The number of halogens is 3. The normalized spacial score (nSPS) is 12.8. The lowest BCUT2D eigenvalue weighted by atomic mass is 10.3. The van der Waals surface area contributed by atoms with Crippen molar-refractivity contribution in [1.29, 1.82) is 0 Å². The first-order valence-corrected chi connectivity index (χ1v) is 7.51. The van der Waals surface area contributed by atoms with Crippen molar-refractivity contribution in [3.63, 3.8) is 0 Å². The van der Waals surface area contributed by atoms with Crippen molar-refractivity contribution in [2.45, 2.75) is 24.3 Å². The fraction of sp³-hybridized carbons (Fsp3) is 0.500. The first-order valence-electron chi connectivity index (χ1n) is 6.03. The van der Waals surface area contributed by atoms with Gasteiger partial charge in [-0.2, -0.15) is 0 Å². The molecule has 0 aromatic heterocycles. The summed E-state index contributed by atoms with van der Waals surface area (Å²) in [4.78, 5) is 0.0604. The average molecular weight is 345 g/mol. The number of hydrogen-bond acceptors (Lipinski definition) is 4. The van der Waals surface area contributed by atoms with Gasteiger partial charge in [0.2, 0.25) is 10.0 Å². The van der Waals surface area contributed by atoms with Crippen molar-refractivity contribution >= 4 is 22.4 Å². The smallest absolute Gasteiger partial charge is 0.272 e. The van der Waals surface area contributed by atoms with Gasteiger partial charge in [0, 0.05) is 12.6 Å². The molecule has 0 fully saturated rings. The second-order valence-corrected chi connectivity index (χ2v) is 5.98. The van der Waals surface area contributed by atoms with E-state index < -0.39 is 23.1 Å². The van der Waals surface area contributed by atoms with Gasteiger partial charge in [0.05, 0.1) is 4.90 Å². The predicted octanol–water partition coefficient (Wildman–Crippen LogP) is 1.64. The fourth-order valence-electron chi connectivity index (χ4n) is 1.29. The van der Waals surface area contributed by atoms with Gasteiger partial charge in [0.1, 0.15) is 12.4 Å². The van der Waals surface area contributed by atoms with E-state index in [-0.39, 0.29) is 35.6 Å². The Morgan fingerprint density at radius 3 is 2.29 bits per heavy atom. The van der Waals surface area contributed by atoms with Crippen molar-refractivity contribution in [2.75, 3.05) is 20.2 Å². The number of likely N-dealkylation sites (N-methyl/N-ethyl adjacent to an activating group) is 1. The van der Waals surface area contributed by atoms with E-state index in [0.717, 1.165) is 0 Å². The third-order valence-corrected chi connectivity index (χ3v) is 4.02. The average Bonchev–Trinajstić information content (AvgIpc) is 2.43. The highest BCUT2D eigenvalue weighted by molar-refractivity contribution is 7.89. The van der Waals surface area contributed by atoms with Gasteiger partial charge in [-0.3, -0.25) is 0 Å². The second-order valence-electron chi connectivity index (χ2n) is 4.22. The van der Waals surface area contributed by atoms with E-state index >= 15 is 0 Å². The van der Waals surface area contributed by atoms with Crippen LogP contribution in [0.1, 0.15) is 6.92 Å². The molecule has 1 atom stereocenters. The largest absolute Gasteiger partial charge is 0.488 e. The van der Waals surface area contributed by atoms with Crippen LogP contribution in [0.25, 0.3) is 0 Å². The second kappa shape index (κ2) is 9.14. The predicted molar refractivity (Wildman–Crippen MR) is 78.9 cm³/mol. The maximum absolute atomic E-state index is 12.0. The molecule has 1 aromatic rings. The highest BCUT2D eigenvalue weighted by Crippen LogP contribution is 2.16. The fourth-order valence-corrected chi connectivity index (χ4v) is 2.42. The van der Waals surface area contributed by atoms with E-state index in [2.05, 4.69) is 10.0 Å². The summed E-state index contributed by atoms with van der Waals surface area (Å²) in [6, 6.07) is 5.32. The van der Waals surface area contributed by atoms with Gasteiger partial charge in [-0.15, -0.1) is 12.4 Å². The van der Waals surface area contributed by atoms with Crippen molar-refractivity contribution in [2.24, 2.45) is 0 Å². The van der Waals surface area contributed by atoms with Gasteiger partial charge in [-0.05, 0) is 38.2 Å². The molecular formula is C12H19ClF2N2O3S. The zero-order valence-electron chi connectivity index (χ0n) is 11.7. The molecule has 0 radical (unpaired) electrons. The molecule has 1 unspecified atom stereocenters. The molecule has 0 amide bonds. The monoisotopic (exact) mass is 344 g/mol. The summed E-state index contributed by atoms with van der Waals surface area (Å²) in [5.41, 5.74) is 0. The van der Waals surface area contributed by atoms with E-state index in [1.54, 1.807) is 7.05 Å². The molecule has 9 heteroatoms. The first kappa shape index (κ1) is 20.0. The lowest BCUT2D eigenvalue weighted by Gasteiger charge is -2.12. The Hall–Kier alpha value is -0.960. The number of benzene rings is 1. The van der Waals surface area contributed by atoms with Crippen LogP contribution in [0.4, 0.5) is 8.78 Å². The van der Waals surface area contributed by atoms with E-state index in [1.165, 1.54) is 24.3 Å². The molecule has 0 spiro atoms. The van der Waals surface area contributed by atoms with E-state index in [1.807, 2.05) is 6.92 Å². The van der Waals surface area contributed by atoms with Crippen molar-refractivity contribution in [3.8, 4) is 5.75 Å². The summed E-state index contributed by atoms with van der Waals surface area (Å²) in [6.45, 7) is 1.37. The Morgan fingerprint density at radius 1 is 1.24 bits per heavy atom. The van der Waals surface area contributed by atoms with Crippen LogP contribution in [0.15, 0.2) is 29.2 Å². The maximum atomic E-state index is 12.0. The lowest BCUT2D eigenvalue weighted by Crippen LogP contribution is -2.37. The Bertz CT molecular complexity index is 512. The van der Waals surface area contributed by atoms with E-state index in [4.69, 9.17) is 4.74 Å². The minimum Gasteiger partial charge on any atom is -0.488 e. The topological polar surface area (TPSA) is 67.4 Å². The van der Waals surface area contributed by atoms with Crippen LogP contribution in [0.3, 0.4) is 0 Å². The van der Waals surface area contributed by atoms with E-state index in [9.17, 15) is 17.2 Å². The number of ether oxygens (including phenoxy) is 1. The van der Waals surface area contributed by atoms with Crippen LogP contribution in [-0.2, 0) is 10.0 Å². The Kier molecular flexibility index (Phi) is 8.72. The zero-order chi connectivity index (χ0) is 15.2. The zero-order valence-corrected chi connectivity index (χ0v) is 13.3. The van der Waals surface area contributed by atoms with Crippen LogP contribution < -0.4 is 14.8 Å². The number of hydrogen-bond donors (Lipinski definition) is 2. The summed E-state index contributed by atoms with van der Waals surface area (Å²) in [5.74, 6) is 0.202. The summed E-state index contributed by atoms with van der Waals surface area (Å²) >= 11 is 0.